The summed E-state index contributed by atoms with van der Waals surface area (Å²) in [6.07, 6.45) is 16.0. The highest BCUT2D eigenvalue weighted by molar-refractivity contribution is 7.87. The molecular weight excluding hydrogens is 993 g/mol. The van der Waals surface area contributed by atoms with Gasteiger partial charge in [-0.15, -0.1) is 0 Å². The van der Waals surface area contributed by atoms with Crippen LogP contribution in [0.25, 0.3) is 0 Å². The highest BCUT2D eigenvalue weighted by atomic mass is 32.2. The second-order valence-corrected chi connectivity index (χ2v) is 36.2. The minimum Gasteiger partial charge on any atom is -0.382 e. The largest absolute Gasteiger partial charge is 0.382 e. The average molecular weight is 1070 g/mol. The molecule has 2 unspecified atom stereocenters. The molecular formula is C57H81NO7P2S2Si2. The van der Waals surface area contributed by atoms with Crippen molar-refractivity contribution in [2.45, 2.75) is 155 Å². The van der Waals surface area contributed by atoms with E-state index in [1.54, 1.807) is 24.3 Å². The molecule has 0 bridgehead atoms. The maximum Gasteiger partial charge on any atom is 0.306 e. The Balaban J connectivity index is 1.92. The maximum absolute atomic E-state index is 16.1. The van der Waals surface area contributed by atoms with Crippen molar-refractivity contribution < 1.29 is 30.0 Å². The van der Waals surface area contributed by atoms with Crippen molar-refractivity contribution in [3.63, 3.8) is 0 Å². The van der Waals surface area contributed by atoms with Crippen LogP contribution >= 0.6 is 16.1 Å². The zero-order chi connectivity index (χ0) is 51.5. The molecule has 5 aromatic carbocycles. The van der Waals surface area contributed by atoms with Crippen molar-refractivity contribution in [1.82, 2.24) is 4.44 Å². The van der Waals surface area contributed by atoms with E-state index < -0.39 is 52.5 Å². The molecule has 0 aliphatic carbocycles. The van der Waals surface area contributed by atoms with Crippen LogP contribution in [0, 0.1) is 0 Å². The van der Waals surface area contributed by atoms with E-state index in [4.69, 9.17) is 8.37 Å². The Kier molecular flexibility index (Phi) is 23.1. The summed E-state index contributed by atoms with van der Waals surface area (Å²) in [7, 11) is -15.9. The van der Waals surface area contributed by atoms with Crippen LogP contribution in [0.3, 0.4) is 0 Å². The Labute approximate surface area is 433 Å². The molecule has 0 heterocycles. The Bertz CT molecular complexity index is 2440. The Morgan fingerprint density at radius 1 is 0.437 bits per heavy atom. The quantitative estimate of drug-likeness (QED) is 0.0247. The molecule has 0 saturated carbocycles. The second kappa shape index (κ2) is 28.1. The first-order valence-electron chi connectivity index (χ1n) is 26.3. The van der Waals surface area contributed by atoms with Crippen LogP contribution in [0.1, 0.15) is 129 Å². The van der Waals surface area contributed by atoms with Gasteiger partial charge in [0.05, 0.1) is 44.8 Å². The molecule has 0 aromatic heterocycles. The van der Waals surface area contributed by atoms with Crippen molar-refractivity contribution in [3.8, 4) is 11.5 Å². The summed E-state index contributed by atoms with van der Waals surface area (Å²) in [5.74, 6) is -0.00863. The molecule has 5 rings (SSSR count). The van der Waals surface area contributed by atoms with Gasteiger partial charge in [0.1, 0.15) is 0 Å². The van der Waals surface area contributed by atoms with Crippen LogP contribution in [0.5, 0.6) is 11.5 Å². The number of carbonyl (C=O) groups excluding carboxylic acids is 1. The minimum atomic E-state index is -4.02. The molecule has 1 amide bonds. The third kappa shape index (κ3) is 16.2. The lowest BCUT2D eigenvalue weighted by Crippen LogP contribution is -2.48. The summed E-state index contributed by atoms with van der Waals surface area (Å²) < 4.78 is 66.3. The first kappa shape index (κ1) is 58.3. The lowest BCUT2D eigenvalue weighted by atomic mass is 10.2. The van der Waals surface area contributed by atoms with Crippen LogP contribution in [-0.2, 0) is 20.2 Å². The second-order valence-electron chi connectivity index (χ2n) is 19.4. The van der Waals surface area contributed by atoms with Crippen molar-refractivity contribution in [2.75, 3.05) is 12.5 Å². The molecule has 0 N–H and O–H groups in total. The summed E-state index contributed by atoms with van der Waals surface area (Å²) in [5, 5.41) is 5.62. The van der Waals surface area contributed by atoms with Crippen LogP contribution in [-0.4, -0.2) is 55.8 Å². The topological polar surface area (TPSA) is 107 Å². The third-order valence-electron chi connectivity index (χ3n) is 13.8. The van der Waals surface area contributed by atoms with Crippen molar-refractivity contribution in [3.05, 3.63) is 133 Å². The summed E-state index contributed by atoms with van der Waals surface area (Å²) in [6, 6.07) is 48.8. The molecule has 14 heteroatoms. The molecule has 8 nitrogen and oxygen atoms in total. The van der Waals surface area contributed by atoms with E-state index in [9.17, 15) is 16.8 Å². The fraction of sp³-hybridized carbons (Fsp3) is 0.456. The fourth-order valence-electron chi connectivity index (χ4n) is 10.0. The summed E-state index contributed by atoms with van der Waals surface area (Å²) >= 11 is 0. The average Bonchev–Trinajstić information content (AvgIpc) is 3.36. The summed E-state index contributed by atoms with van der Waals surface area (Å²) in [4.78, 5) is 16.1. The van der Waals surface area contributed by atoms with E-state index >= 15 is 4.79 Å². The van der Waals surface area contributed by atoms with Gasteiger partial charge in [0.2, 0.25) is 0 Å². The van der Waals surface area contributed by atoms with E-state index in [2.05, 4.69) is 90.1 Å². The SMILES string of the molecule is CCCC[Si](CCCC)(CCCC)c1ccc(P(c2ccccc2OS(C)(=O)=O)N(C(=O)c2ccccc2)P(c2ccc([Si](CCCC)(CCCC)CCCC)cc2)c2ccccc2OS(C)(=O)=O)cc1. The number of amides is 1. The summed E-state index contributed by atoms with van der Waals surface area (Å²) in [6.45, 7) is 13.7. The molecule has 2 atom stereocenters. The molecule has 0 saturated heterocycles. The smallest absolute Gasteiger partial charge is 0.306 e. The number of hydrogen-bond acceptors (Lipinski definition) is 7. The van der Waals surface area contributed by atoms with Crippen LogP contribution in [0.15, 0.2) is 127 Å². The number of rotatable bonds is 31. The molecule has 5 aromatic rings. The minimum absolute atomic E-state index is 0.137. The normalized spacial score (nSPS) is 13.1. The molecule has 0 aliphatic rings. The molecule has 71 heavy (non-hydrogen) atoms. The van der Waals surface area contributed by atoms with E-state index in [-0.39, 0.29) is 17.4 Å². The van der Waals surface area contributed by atoms with Gasteiger partial charge in [-0.1, -0.05) is 256 Å². The summed E-state index contributed by atoms with van der Waals surface area (Å²) in [5.41, 5.74) is 0.444. The Hall–Kier alpha value is -3.64. The van der Waals surface area contributed by atoms with Gasteiger partial charge < -0.3 is 8.37 Å². The molecule has 0 spiro atoms. The maximum atomic E-state index is 16.1. The Morgan fingerprint density at radius 3 is 1.03 bits per heavy atom. The van der Waals surface area contributed by atoms with Gasteiger partial charge in [-0.2, -0.15) is 16.8 Å². The van der Waals surface area contributed by atoms with Crippen LogP contribution in [0.2, 0.25) is 36.3 Å². The molecule has 0 fully saturated rings. The number of benzene rings is 5. The lowest BCUT2D eigenvalue weighted by Gasteiger charge is -2.40. The van der Waals surface area contributed by atoms with Crippen molar-refractivity contribution in [2.24, 2.45) is 0 Å². The van der Waals surface area contributed by atoms with Crippen molar-refractivity contribution in [1.29, 1.82) is 0 Å². The Morgan fingerprint density at radius 2 is 0.732 bits per heavy atom. The number of carbonyl (C=O) groups is 1. The van der Waals surface area contributed by atoms with E-state index in [1.807, 2.05) is 59.0 Å². The van der Waals surface area contributed by atoms with Gasteiger partial charge in [0.15, 0.2) is 11.5 Å². The molecule has 0 aliphatic heterocycles. The first-order valence-corrected chi connectivity index (χ1v) is 37.7. The highest BCUT2D eigenvalue weighted by Gasteiger charge is 2.41. The first-order chi connectivity index (χ1) is 34.1. The van der Waals surface area contributed by atoms with Crippen LogP contribution in [0.4, 0.5) is 0 Å². The van der Waals surface area contributed by atoms with Gasteiger partial charge in [-0.3, -0.25) is 9.24 Å². The zero-order valence-corrected chi connectivity index (χ0v) is 49.3. The predicted octanol–water partition coefficient (Wildman–Crippen LogP) is 13.0. The van der Waals surface area contributed by atoms with E-state index in [1.165, 1.54) is 85.2 Å². The number of hydrogen-bond donors (Lipinski definition) is 0. The van der Waals surface area contributed by atoms with Gasteiger partial charge in [-0.05, 0) is 36.4 Å². The zero-order valence-electron chi connectivity index (χ0n) is 43.9. The van der Waals surface area contributed by atoms with Gasteiger partial charge in [0, 0.05) is 26.8 Å². The van der Waals surface area contributed by atoms with E-state index in [0.717, 1.165) is 61.6 Å². The van der Waals surface area contributed by atoms with Gasteiger partial charge in [0.25, 0.3) is 5.91 Å². The predicted molar refractivity (Wildman–Crippen MR) is 311 cm³/mol. The third-order valence-corrected chi connectivity index (χ3v) is 31.1. The molecule has 386 valence electrons. The molecule has 0 radical (unpaired) electrons. The highest BCUT2D eigenvalue weighted by Crippen LogP contribution is 2.57. The standard InChI is InChI=1S/C57H81NO7P2S2Si2/c1-9-15-42-70(43-16-10-2,44-17-11-3)51-38-34-49(35-39-51)66(55-32-26-24-30-53(55)64-68(7,60)61)58(57(59)48-28-22-21-23-29-48)67(56-33-27-25-31-54(56)65-69(8,62)63)50-36-40-52(41-37-50)71(45-18-12-4,46-19-13-5)47-20-14-6/h21-41H,9-20,42-47H2,1-8H3. The number of para-hydroxylation sites is 2. The van der Waals surface area contributed by atoms with Crippen molar-refractivity contribution >= 4 is 90.0 Å². The number of nitrogens with zero attached hydrogens (tertiary/aromatic N) is 1. The van der Waals surface area contributed by atoms with Crippen LogP contribution < -0.4 is 40.0 Å². The number of unbranched alkanes of at least 4 members (excludes halogenated alkanes) is 6. The van der Waals surface area contributed by atoms with E-state index in [0.29, 0.717) is 16.2 Å². The monoisotopic (exact) mass is 1070 g/mol. The van der Waals surface area contributed by atoms with Gasteiger partial charge in [-0.25, -0.2) is 0 Å². The lowest BCUT2D eigenvalue weighted by molar-refractivity contribution is 0.0928. The fourth-order valence-corrected chi connectivity index (χ4v) is 28.1. The van der Waals surface area contributed by atoms with Gasteiger partial charge >= 0.3 is 20.2 Å².